The molecule has 0 fully saturated rings. The highest BCUT2D eigenvalue weighted by atomic mass is 16.5. The number of esters is 1. The van der Waals surface area contributed by atoms with E-state index in [1.165, 1.54) is 32.8 Å². The molecule has 174 valence electrons. The highest BCUT2D eigenvalue weighted by molar-refractivity contribution is 5.69. The highest BCUT2D eigenvalue weighted by Crippen LogP contribution is 2.41. The second-order valence-corrected chi connectivity index (χ2v) is 8.13. The Hall–Kier alpha value is -1.66. The minimum Gasteiger partial charge on any atom is -0.481 e. The molecule has 30 heavy (non-hydrogen) atoms. The molecule has 0 aromatic rings. The predicted octanol–water partition coefficient (Wildman–Crippen LogP) is 4.35. The molecule has 0 heterocycles. The summed E-state index contributed by atoms with van der Waals surface area (Å²) in [6.45, 7) is 8.15. The highest BCUT2D eigenvalue weighted by Gasteiger charge is 2.30. The molecule has 0 amide bonds. The number of aliphatic hydroxyl groups excluding tert-OH is 2. The number of ether oxygens (including phenoxy) is 1. The van der Waals surface area contributed by atoms with Crippen molar-refractivity contribution in [3.05, 3.63) is 23.8 Å². The monoisotopic (exact) mass is 426 g/mol. The number of fused-ring (bicyclic) bond motifs is 1. The first-order valence-corrected chi connectivity index (χ1v) is 11.2. The zero-order valence-electron chi connectivity index (χ0n) is 19.3. The fourth-order valence-electron chi connectivity index (χ4n) is 3.71. The van der Waals surface area contributed by atoms with Crippen LogP contribution < -0.4 is 0 Å². The number of methoxy groups -OCH3 is 1. The first-order valence-electron chi connectivity index (χ1n) is 11.2. The van der Waals surface area contributed by atoms with Crippen molar-refractivity contribution in [1.82, 2.24) is 0 Å². The summed E-state index contributed by atoms with van der Waals surface area (Å²) in [5, 5.41) is 25.4. The van der Waals surface area contributed by atoms with Crippen molar-refractivity contribution in [1.29, 1.82) is 0 Å². The number of carbonyl (C=O) groups excluding carboxylic acids is 1. The molecule has 3 N–H and O–H groups in total. The van der Waals surface area contributed by atoms with Crippen LogP contribution in [0.4, 0.5) is 0 Å². The fourth-order valence-corrected chi connectivity index (χ4v) is 3.71. The number of rotatable bonds is 7. The predicted molar refractivity (Wildman–Crippen MR) is 119 cm³/mol. The third-order valence-electron chi connectivity index (χ3n) is 5.91. The van der Waals surface area contributed by atoms with E-state index in [4.69, 9.17) is 15.3 Å². The fraction of sp³-hybridized carbons (Fsp3) is 0.750. The third-order valence-corrected chi connectivity index (χ3v) is 5.91. The van der Waals surface area contributed by atoms with Crippen LogP contribution in [0.5, 0.6) is 0 Å². The molecule has 0 aromatic heterocycles. The summed E-state index contributed by atoms with van der Waals surface area (Å²) in [6, 6.07) is 0. The van der Waals surface area contributed by atoms with Gasteiger partial charge in [-0.25, -0.2) is 0 Å². The van der Waals surface area contributed by atoms with Gasteiger partial charge in [-0.1, -0.05) is 52.3 Å². The summed E-state index contributed by atoms with van der Waals surface area (Å²) in [6.07, 6.45) is 12.8. The lowest BCUT2D eigenvalue weighted by Gasteiger charge is -2.36. The summed E-state index contributed by atoms with van der Waals surface area (Å²) in [7, 11) is 1.26. The minimum atomic E-state index is -0.780. The quantitative estimate of drug-likeness (QED) is 0.523. The summed E-state index contributed by atoms with van der Waals surface area (Å²) in [4.78, 5) is 20.4. The van der Waals surface area contributed by atoms with Crippen molar-refractivity contribution < 1.29 is 29.6 Å². The Morgan fingerprint density at radius 3 is 2.43 bits per heavy atom. The van der Waals surface area contributed by atoms with Crippen molar-refractivity contribution in [3.63, 3.8) is 0 Å². The minimum absolute atomic E-state index is 0.0446. The number of carboxylic acid groups (broad SMARTS) is 1. The lowest BCUT2D eigenvalue weighted by molar-refractivity contribution is -0.143. The van der Waals surface area contributed by atoms with Crippen molar-refractivity contribution in [2.24, 2.45) is 23.7 Å². The molecule has 0 saturated carbocycles. The van der Waals surface area contributed by atoms with E-state index in [0.29, 0.717) is 0 Å². The second kappa shape index (κ2) is 16.1. The third kappa shape index (κ3) is 10.9. The molecular formula is C24H42O6. The van der Waals surface area contributed by atoms with Crippen molar-refractivity contribution in [2.45, 2.75) is 78.7 Å². The van der Waals surface area contributed by atoms with Gasteiger partial charge in [-0.3, -0.25) is 9.59 Å². The van der Waals surface area contributed by atoms with E-state index in [0.717, 1.165) is 24.2 Å². The van der Waals surface area contributed by atoms with E-state index in [-0.39, 0.29) is 25.4 Å². The van der Waals surface area contributed by atoms with E-state index in [1.54, 1.807) is 12.5 Å². The van der Waals surface area contributed by atoms with E-state index in [2.05, 4.69) is 36.8 Å². The van der Waals surface area contributed by atoms with E-state index < -0.39 is 18.0 Å². The SMILES string of the molecule is CCC(C)C(=O)O.CCC1C(C)C=CC2=CCCCC21.COC(=O)CC(O)CCO. The molecular weight excluding hydrogens is 384 g/mol. The number of hydrogen-bond donors (Lipinski definition) is 3. The Morgan fingerprint density at radius 1 is 1.30 bits per heavy atom. The van der Waals surface area contributed by atoms with Gasteiger partial charge in [-0.15, -0.1) is 0 Å². The summed E-state index contributed by atoms with van der Waals surface area (Å²) in [5.74, 6) is 1.25. The molecule has 5 atom stereocenters. The standard InChI is InChI=1S/C13H20.C6H12O4.C5H10O2/c1-3-12-10(2)8-9-11-6-4-5-7-13(11)12;1-10-6(9)4-5(8)2-3-7;1-3-4(2)5(6)7/h6,8-10,12-13H,3-5,7H2,1-2H3;5,7-8H,2-4H2,1H3;4H,3H2,1-2H3,(H,6,7). The van der Waals surface area contributed by atoms with Gasteiger partial charge in [0, 0.05) is 6.61 Å². The zero-order chi connectivity index (χ0) is 23.1. The Balaban J connectivity index is 0.000000445. The average Bonchev–Trinajstić information content (AvgIpc) is 2.74. The van der Waals surface area contributed by atoms with Crippen LogP contribution in [-0.4, -0.2) is 47.1 Å². The lowest BCUT2D eigenvalue weighted by atomic mass is 9.69. The van der Waals surface area contributed by atoms with Crippen LogP contribution >= 0.6 is 0 Å². The molecule has 2 rings (SSSR count). The molecule has 2 aliphatic rings. The van der Waals surface area contributed by atoms with Gasteiger partial charge in [0.1, 0.15) is 0 Å². The van der Waals surface area contributed by atoms with Crippen LogP contribution in [0.15, 0.2) is 23.8 Å². The molecule has 0 radical (unpaired) electrons. The Kier molecular flexibility index (Phi) is 15.2. The molecule has 2 aliphatic carbocycles. The second-order valence-electron chi connectivity index (χ2n) is 8.13. The van der Waals surface area contributed by atoms with E-state index in [1.807, 2.05) is 6.92 Å². The maximum Gasteiger partial charge on any atom is 0.308 e. The van der Waals surface area contributed by atoms with Gasteiger partial charge in [-0.2, -0.15) is 0 Å². The van der Waals surface area contributed by atoms with Crippen LogP contribution in [0.3, 0.4) is 0 Å². The summed E-state index contributed by atoms with van der Waals surface area (Å²) >= 11 is 0. The first kappa shape index (κ1) is 28.3. The van der Waals surface area contributed by atoms with Crippen molar-refractivity contribution >= 4 is 11.9 Å². The molecule has 0 saturated heterocycles. The summed E-state index contributed by atoms with van der Waals surface area (Å²) in [5.41, 5.74) is 1.64. The van der Waals surface area contributed by atoms with Crippen molar-refractivity contribution in [3.8, 4) is 0 Å². The molecule has 5 unspecified atom stereocenters. The lowest BCUT2D eigenvalue weighted by Crippen LogP contribution is -2.26. The first-order chi connectivity index (χ1) is 14.2. The number of aliphatic carboxylic acids is 1. The van der Waals surface area contributed by atoms with Crippen LogP contribution in [0.1, 0.15) is 72.6 Å². The van der Waals surface area contributed by atoms with Gasteiger partial charge in [0.2, 0.25) is 0 Å². The molecule has 6 nitrogen and oxygen atoms in total. The Labute approximate surface area is 182 Å². The number of aliphatic hydroxyl groups is 2. The number of hydrogen-bond acceptors (Lipinski definition) is 5. The largest absolute Gasteiger partial charge is 0.481 e. The van der Waals surface area contributed by atoms with Crippen molar-refractivity contribution in [2.75, 3.05) is 13.7 Å². The zero-order valence-corrected chi connectivity index (χ0v) is 19.3. The number of allylic oxidation sites excluding steroid dienone is 4. The molecule has 0 bridgehead atoms. The van der Waals surface area contributed by atoms with E-state index in [9.17, 15) is 9.59 Å². The summed E-state index contributed by atoms with van der Waals surface area (Å²) < 4.78 is 4.29. The molecule has 0 spiro atoms. The van der Waals surface area contributed by atoms with Gasteiger partial charge in [0.25, 0.3) is 0 Å². The molecule has 0 aliphatic heterocycles. The van der Waals surface area contributed by atoms with Crippen LogP contribution in [0, 0.1) is 23.7 Å². The Morgan fingerprint density at radius 2 is 1.97 bits per heavy atom. The van der Waals surface area contributed by atoms with E-state index >= 15 is 0 Å². The van der Waals surface area contributed by atoms with Gasteiger partial charge in [-0.05, 0) is 55.4 Å². The van der Waals surface area contributed by atoms with Gasteiger partial charge in [0.15, 0.2) is 0 Å². The normalized spacial score (nSPS) is 24.0. The van der Waals surface area contributed by atoms with Crippen LogP contribution in [0.2, 0.25) is 0 Å². The molecule has 0 aromatic carbocycles. The van der Waals surface area contributed by atoms with Gasteiger partial charge >= 0.3 is 11.9 Å². The van der Waals surface area contributed by atoms with Crippen LogP contribution in [0.25, 0.3) is 0 Å². The Bertz CT molecular complexity index is 554. The maximum atomic E-state index is 10.4. The van der Waals surface area contributed by atoms with Gasteiger partial charge in [0.05, 0.1) is 25.6 Å². The average molecular weight is 427 g/mol. The topological polar surface area (TPSA) is 104 Å². The maximum absolute atomic E-state index is 10.4. The number of carboxylic acids is 1. The van der Waals surface area contributed by atoms with Gasteiger partial charge < -0.3 is 20.1 Å². The van der Waals surface area contributed by atoms with Crippen LogP contribution in [-0.2, 0) is 14.3 Å². The molecule has 6 heteroatoms. The smallest absolute Gasteiger partial charge is 0.308 e. The number of carbonyl (C=O) groups is 2.